The molecule has 5 rings (SSSR count). The van der Waals surface area contributed by atoms with E-state index >= 15 is 0 Å². The standard InChI is InChI=1S/C31H35ClFN3O4S/c1-3-16-40-31(39)27-28(34-12-14-35(15-13-34)29(37)26-5-4-17-41-26)24-18-22(20(2)32)8-11-25(24)36(30(27)38)19-21-6-9-23(33)10-7-21/h3-7,9-10,17,20,22,24-25H,1,8,11-16,18-19H2,2H3/t20?,22-,24?,25?/m0/s1. The Labute approximate surface area is 249 Å². The zero-order valence-corrected chi connectivity index (χ0v) is 24.7. The Balaban J connectivity index is 1.50. The Morgan fingerprint density at radius 3 is 2.54 bits per heavy atom. The number of nitrogens with zero attached hydrogens (tertiary/aromatic N) is 3. The van der Waals surface area contributed by atoms with Crippen LogP contribution in [0.4, 0.5) is 4.39 Å². The molecule has 1 aromatic heterocycles. The van der Waals surface area contributed by atoms with Crippen molar-refractivity contribution in [3.05, 3.63) is 82.0 Å². The number of halogens is 2. The van der Waals surface area contributed by atoms with Crippen LogP contribution < -0.4 is 0 Å². The predicted molar refractivity (Wildman–Crippen MR) is 157 cm³/mol. The number of benzene rings is 1. The zero-order valence-electron chi connectivity index (χ0n) is 23.1. The molecular weight excluding hydrogens is 565 g/mol. The van der Waals surface area contributed by atoms with E-state index < -0.39 is 5.97 Å². The third kappa shape index (κ3) is 6.21. The monoisotopic (exact) mass is 599 g/mol. The van der Waals surface area contributed by atoms with Gasteiger partial charge in [0.1, 0.15) is 18.0 Å². The summed E-state index contributed by atoms with van der Waals surface area (Å²) in [4.78, 5) is 47.1. The molecule has 2 aromatic rings. The molecule has 2 amide bonds. The van der Waals surface area contributed by atoms with Gasteiger partial charge < -0.3 is 19.4 Å². The smallest absolute Gasteiger partial charge is 0.345 e. The lowest BCUT2D eigenvalue weighted by Gasteiger charge is -2.51. The summed E-state index contributed by atoms with van der Waals surface area (Å²) >= 11 is 8.03. The fourth-order valence-electron chi connectivity index (χ4n) is 6.33. The minimum atomic E-state index is -0.675. The molecule has 0 N–H and O–H groups in total. The maximum Gasteiger partial charge on any atom is 0.345 e. The molecule has 1 saturated heterocycles. The van der Waals surface area contributed by atoms with Gasteiger partial charge in [0.15, 0.2) is 0 Å². The van der Waals surface area contributed by atoms with Crippen molar-refractivity contribution in [1.82, 2.24) is 14.7 Å². The van der Waals surface area contributed by atoms with Crippen LogP contribution in [0.5, 0.6) is 0 Å². The SMILES string of the molecule is C=CCOC(=O)C1=C(N2CCN(C(=O)c3cccs3)CC2)C2C[C@@H](C(C)Cl)CCC2N(Cc2ccc(F)cc2)C1=O. The molecule has 3 aliphatic rings. The molecule has 7 nitrogen and oxygen atoms in total. The fourth-order valence-corrected chi connectivity index (χ4v) is 7.25. The molecule has 2 fully saturated rings. The van der Waals surface area contributed by atoms with Crippen LogP contribution in [0, 0.1) is 17.7 Å². The van der Waals surface area contributed by atoms with Crippen LogP contribution in [0.2, 0.25) is 0 Å². The number of hydrogen-bond donors (Lipinski definition) is 0. The highest BCUT2D eigenvalue weighted by molar-refractivity contribution is 7.12. The Morgan fingerprint density at radius 1 is 1.17 bits per heavy atom. The van der Waals surface area contributed by atoms with Crippen LogP contribution >= 0.6 is 22.9 Å². The van der Waals surface area contributed by atoms with Gasteiger partial charge in [-0.3, -0.25) is 9.59 Å². The van der Waals surface area contributed by atoms with Crippen LogP contribution in [-0.4, -0.2) is 76.7 Å². The molecule has 3 unspecified atom stereocenters. The third-order valence-corrected chi connectivity index (χ3v) is 9.64. The van der Waals surface area contributed by atoms with E-state index in [0.29, 0.717) is 36.8 Å². The van der Waals surface area contributed by atoms with Crippen LogP contribution in [-0.2, 0) is 20.9 Å². The van der Waals surface area contributed by atoms with Gasteiger partial charge >= 0.3 is 5.97 Å². The number of alkyl halides is 1. The van der Waals surface area contributed by atoms with Gasteiger partial charge in [0.05, 0.1) is 4.88 Å². The average molecular weight is 600 g/mol. The van der Waals surface area contributed by atoms with Crippen molar-refractivity contribution in [3.63, 3.8) is 0 Å². The molecular formula is C31H35ClFN3O4S. The second kappa shape index (κ2) is 12.8. The molecule has 1 saturated carbocycles. The molecule has 4 atom stereocenters. The predicted octanol–water partition coefficient (Wildman–Crippen LogP) is 5.08. The molecule has 2 aliphatic heterocycles. The number of carbonyl (C=O) groups is 3. The van der Waals surface area contributed by atoms with Crippen molar-refractivity contribution < 1.29 is 23.5 Å². The average Bonchev–Trinajstić information content (AvgIpc) is 3.52. The summed E-state index contributed by atoms with van der Waals surface area (Å²) in [6.45, 7) is 7.85. The quantitative estimate of drug-likeness (QED) is 0.183. The lowest BCUT2D eigenvalue weighted by atomic mass is 9.71. The molecule has 0 spiro atoms. The fraction of sp³-hybridized carbons (Fsp3) is 0.452. The highest BCUT2D eigenvalue weighted by Gasteiger charge is 2.49. The van der Waals surface area contributed by atoms with Crippen molar-refractivity contribution in [3.8, 4) is 0 Å². The summed E-state index contributed by atoms with van der Waals surface area (Å²) in [5, 5.41) is 1.83. The van der Waals surface area contributed by atoms with Crippen LogP contribution in [0.25, 0.3) is 0 Å². The molecule has 0 radical (unpaired) electrons. The summed E-state index contributed by atoms with van der Waals surface area (Å²) in [5.41, 5.74) is 1.53. The summed E-state index contributed by atoms with van der Waals surface area (Å²) in [6, 6.07) is 9.64. The van der Waals surface area contributed by atoms with Gasteiger partial charge in [-0.15, -0.1) is 22.9 Å². The van der Waals surface area contributed by atoms with Crippen molar-refractivity contribution in [1.29, 1.82) is 0 Å². The van der Waals surface area contributed by atoms with E-state index in [0.717, 1.165) is 24.8 Å². The van der Waals surface area contributed by atoms with Crippen molar-refractivity contribution in [2.45, 2.75) is 44.1 Å². The van der Waals surface area contributed by atoms with Gasteiger partial charge in [-0.1, -0.05) is 30.9 Å². The number of rotatable bonds is 8. The topological polar surface area (TPSA) is 70.2 Å². The van der Waals surface area contributed by atoms with Crippen LogP contribution in [0.3, 0.4) is 0 Å². The largest absolute Gasteiger partial charge is 0.458 e. The molecule has 3 heterocycles. The molecule has 10 heteroatoms. The molecule has 1 aliphatic carbocycles. The van der Waals surface area contributed by atoms with Crippen molar-refractivity contribution in [2.75, 3.05) is 32.8 Å². The first-order valence-electron chi connectivity index (χ1n) is 14.1. The Morgan fingerprint density at radius 2 is 1.90 bits per heavy atom. The molecule has 0 bridgehead atoms. The lowest BCUT2D eigenvalue weighted by Crippen LogP contribution is -2.58. The normalized spacial score (nSPS) is 23.7. The second-order valence-electron chi connectivity index (χ2n) is 10.9. The number of hydrogen-bond acceptors (Lipinski definition) is 6. The first kappa shape index (κ1) is 29.3. The van der Waals surface area contributed by atoms with Gasteiger partial charge in [0.2, 0.25) is 0 Å². The van der Waals surface area contributed by atoms with Gasteiger partial charge in [-0.05, 0) is 61.2 Å². The highest BCUT2D eigenvalue weighted by Crippen LogP contribution is 2.45. The van der Waals surface area contributed by atoms with Gasteiger partial charge in [0.25, 0.3) is 11.8 Å². The molecule has 1 aromatic carbocycles. The number of esters is 1. The number of thiophene rings is 1. The highest BCUT2D eigenvalue weighted by atomic mass is 35.5. The number of piperazine rings is 1. The van der Waals surface area contributed by atoms with E-state index in [9.17, 15) is 18.8 Å². The van der Waals surface area contributed by atoms with E-state index in [4.69, 9.17) is 16.3 Å². The van der Waals surface area contributed by atoms with E-state index in [1.165, 1.54) is 29.5 Å². The summed E-state index contributed by atoms with van der Waals surface area (Å²) < 4.78 is 19.1. The lowest BCUT2D eigenvalue weighted by molar-refractivity contribution is -0.145. The minimum Gasteiger partial charge on any atom is -0.458 e. The van der Waals surface area contributed by atoms with Gasteiger partial charge in [-0.2, -0.15) is 0 Å². The third-order valence-electron chi connectivity index (χ3n) is 8.43. The second-order valence-corrected chi connectivity index (χ2v) is 12.5. The number of fused-ring (bicyclic) bond motifs is 1. The Kier molecular flexibility index (Phi) is 9.14. The van der Waals surface area contributed by atoms with Crippen LogP contribution in [0.15, 0.2) is 65.7 Å². The van der Waals surface area contributed by atoms with E-state index in [1.54, 1.807) is 17.0 Å². The van der Waals surface area contributed by atoms with E-state index in [1.807, 2.05) is 29.3 Å². The van der Waals surface area contributed by atoms with Gasteiger partial charge in [-0.25, -0.2) is 9.18 Å². The Hall–Kier alpha value is -3.17. The Bertz CT molecular complexity index is 1310. The summed E-state index contributed by atoms with van der Waals surface area (Å²) in [5.74, 6) is -1.31. The van der Waals surface area contributed by atoms with Crippen LogP contribution in [0.1, 0.15) is 41.4 Å². The molecule has 218 valence electrons. The zero-order chi connectivity index (χ0) is 29.1. The first-order valence-corrected chi connectivity index (χ1v) is 15.4. The minimum absolute atomic E-state index is 0.00369. The maximum absolute atomic E-state index is 14.2. The summed E-state index contributed by atoms with van der Waals surface area (Å²) in [6.07, 6.45) is 3.82. The molecule has 41 heavy (non-hydrogen) atoms. The number of carbonyl (C=O) groups excluding carboxylic acids is 3. The van der Waals surface area contributed by atoms with Gasteiger partial charge in [0, 0.05) is 55.8 Å². The first-order chi connectivity index (χ1) is 19.8. The number of ether oxygens (including phenoxy) is 1. The van der Waals surface area contributed by atoms with Crippen molar-refractivity contribution >= 4 is 40.7 Å². The number of amides is 2. The van der Waals surface area contributed by atoms with Crippen molar-refractivity contribution in [2.24, 2.45) is 11.8 Å². The summed E-state index contributed by atoms with van der Waals surface area (Å²) in [7, 11) is 0. The maximum atomic E-state index is 14.2. The van der Waals surface area contributed by atoms with E-state index in [2.05, 4.69) is 11.5 Å². The van der Waals surface area contributed by atoms with E-state index in [-0.39, 0.29) is 59.6 Å².